The molecule has 0 saturated heterocycles. The Morgan fingerprint density at radius 1 is 1.03 bits per heavy atom. The number of ether oxygens (including phenoxy) is 2. The summed E-state index contributed by atoms with van der Waals surface area (Å²) in [7, 11) is 0. The molecule has 0 atom stereocenters. The number of nitrogens with zero attached hydrogens (tertiary/aromatic N) is 2. The van der Waals surface area contributed by atoms with Crippen LogP contribution in [0.25, 0.3) is 11.3 Å². The van der Waals surface area contributed by atoms with Crippen molar-refractivity contribution in [3.8, 4) is 22.8 Å². The Labute approximate surface area is 182 Å². The van der Waals surface area contributed by atoms with Crippen molar-refractivity contribution in [2.75, 3.05) is 0 Å². The Bertz CT molecular complexity index is 1210. The summed E-state index contributed by atoms with van der Waals surface area (Å²) in [6.07, 6.45) is 4.77. The van der Waals surface area contributed by atoms with Gasteiger partial charge in [-0.25, -0.2) is 13.8 Å². The minimum Gasteiger partial charge on any atom is -0.461 e. The molecule has 2 aromatic carbocycles. The first-order valence-corrected chi connectivity index (χ1v) is 9.80. The van der Waals surface area contributed by atoms with Crippen molar-refractivity contribution < 1.29 is 27.5 Å². The van der Waals surface area contributed by atoms with Gasteiger partial charge >= 0.3 is 5.97 Å². The molecule has 4 aromatic rings. The van der Waals surface area contributed by atoms with Gasteiger partial charge in [0.05, 0.1) is 24.4 Å². The Morgan fingerprint density at radius 2 is 1.91 bits per heavy atom. The molecular formula is C24H18F2N2O4. The Hall–Kier alpha value is -4.07. The van der Waals surface area contributed by atoms with E-state index in [4.69, 9.17) is 13.9 Å². The Balaban J connectivity index is 1.31. The van der Waals surface area contributed by atoms with E-state index in [1.54, 1.807) is 36.7 Å². The molecule has 2 aromatic heterocycles. The number of hydrogen-bond acceptors (Lipinski definition) is 6. The fourth-order valence-electron chi connectivity index (χ4n) is 2.94. The topological polar surface area (TPSA) is 74.5 Å². The quantitative estimate of drug-likeness (QED) is 0.341. The summed E-state index contributed by atoms with van der Waals surface area (Å²) in [4.78, 5) is 20.2. The summed E-state index contributed by atoms with van der Waals surface area (Å²) < 4.78 is 43.6. The van der Waals surface area contributed by atoms with Crippen molar-refractivity contribution in [3.05, 3.63) is 96.3 Å². The zero-order valence-corrected chi connectivity index (χ0v) is 16.8. The van der Waals surface area contributed by atoms with Crippen molar-refractivity contribution in [3.63, 3.8) is 0 Å². The van der Waals surface area contributed by atoms with E-state index in [9.17, 15) is 13.6 Å². The molecule has 162 valence electrons. The fraction of sp³-hybridized carbons (Fsp3) is 0.125. The third kappa shape index (κ3) is 5.34. The third-order valence-corrected chi connectivity index (χ3v) is 4.52. The summed E-state index contributed by atoms with van der Waals surface area (Å²) in [5.41, 5.74) is 0.799. The SMILES string of the molecule is O=C(CCc1ncc(-c2ccc(F)cc2F)o1)OCc1ccccc1Oc1cccnc1. The molecule has 0 amide bonds. The number of esters is 1. The van der Waals surface area contributed by atoms with E-state index in [1.165, 1.54) is 12.3 Å². The monoisotopic (exact) mass is 436 g/mol. The van der Waals surface area contributed by atoms with E-state index in [1.807, 2.05) is 12.1 Å². The fourth-order valence-corrected chi connectivity index (χ4v) is 2.94. The maximum atomic E-state index is 13.9. The predicted molar refractivity (Wildman–Crippen MR) is 111 cm³/mol. The highest BCUT2D eigenvalue weighted by atomic mass is 19.1. The minimum atomic E-state index is -0.751. The first kappa shape index (κ1) is 21.2. The number of halogens is 2. The Kier molecular flexibility index (Phi) is 6.50. The maximum absolute atomic E-state index is 13.9. The smallest absolute Gasteiger partial charge is 0.306 e. The summed E-state index contributed by atoms with van der Waals surface area (Å²) in [5.74, 6) is -0.335. The number of para-hydroxylation sites is 1. The van der Waals surface area contributed by atoms with Crippen molar-refractivity contribution in [1.82, 2.24) is 9.97 Å². The van der Waals surface area contributed by atoms with Crippen LogP contribution in [0, 0.1) is 11.6 Å². The van der Waals surface area contributed by atoms with Crippen LogP contribution < -0.4 is 4.74 Å². The molecule has 32 heavy (non-hydrogen) atoms. The van der Waals surface area contributed by atoms with Crippen LogP contribution in [0.3, 0.4) is 0 Å². The van der Waals surface area contributed by atoms with E-state index in [0.717, 1.165) is 12.1 Å². The highest BCUT2D eigenvalue weighted by Crippen LogP contribution is 2.26. The highest BCUT2D eigenvalue weighted by Gasteiger charge is 2.14. The molecular weight excluding hydrogens is 418 g/mol. The standard InChI is InChI=1S/C24H18F2N2O4/c25-17-7-8-19(20(26)12-17)22-14-28-23(32-22)9-10-24(29)30-15-16-4-1-2-6-21(16)31-18-5-3-11-27-13-18/h1-8,11-14H,9-10,15H2. The minimum absolute atomic E-state index is 0.0253. The lowest BCUT2D eigenvalue weighted by atomic mass is 10.2. The van der Waals surface area contributed by atoms with Crippen LogP contribution in [0.5, 0.6) is 11.5 Å². The zero-order valence-electron chi connectivity index (χ0n) is 16.8. The molecule has 4 rings (SSSR count). The van der Waals surface area contributed by atoms with Crippen LogP contribution in [0.2, 0.25) is 0 Å². The second-order valence-electron chi connectivity index (χ2n) is 6.80. The van der Waals surface area contributed by atoms with Gasteiger partial charge in [0.2, 0.25) is 0 Å². The van der Waals surface area contributed by atoms with Crippen molar-refractivity contribution in [2.24, 2.45) is 0 Å². The number of hydrogen-bond donors (Lipinski definition) is 0. The number of aryl methyl sites for hydroxylation is 1. The van der Waals surface area contributed by atoms with Crippen molar-refractivity contribution in [1.29, 1.82) is 0 Å². The van der Waals surface area contributed by atoms with E-state index in [0.29, 0.717) is 17.1 Å². The molecule has 0 N–H and O–H groups in total. The highest BCUT2D eigenvalue weighted by molar-refractivity contribution is 5.69. The van der Waals surface area contributed by atoms with Gasteiger partial charge < -0.3 is 13.9 Å². The van der Waals surface area contributed by atoms with Gasteiger partial charge in [0.15, 0.2) is 11.7 Å². The second-order valence-corrected chi connectivity index (χ2v) is 6.80. The maximum Gasteiger partial charge on any atom is 0.306 e. The van der Waals surface area contributed by atoms with Gasteiger partial charge in [0.1, 0.15) is 29.7 Å². The first-order valence-electron chi connectivity index (χ1n) is 9.80. The molecule has 0 aliphatic carbocycles. The normalized spacial score (nSPS) is 10.7. The van der Waals surface area contributed by atoms with Gasteiger partial charge in [-0.2, -0.15) is 0 Å². The van der Waals surface area contributed by atoms with Crippen LogP contribution in [-0.4, -0.2) is 15.9 Å². The van der Waals surface area contributed by atoms with E-state index in [-0.39, 0.29) is 36.7 Å². The first-order chi connectivity index (χ1) is 15.6. The molecule has 0 spiro atoms. The van der Waals surface area contributed by atoms with Gasteiger partial charge in [-0.3, -0.25) is 9.78 Å². The lowest BCUT2D eigenvalue weighted by Crippen LogP contribution is -2.06. The van der Waals surface area contributed by atoms with Crippen LogP contribution in [0.4, 0.5) is 8.78 Å². The van der Waals surface area contributed by atoms with Gasteiger partial charge in [-0.05, 0) is 30.3 Å². The zero-order chi connectivity index (χ0) is 22.3. The van der Waals surface area contributed by atoms with Crippen LogP contribution in [-0.2, 0) is 22.6 Å². The molecule has 8 heteroatoms. The average molecular weight is 436 g/mol. The largest absolute Gasteiger partial charge is 0.461 e. The number of pyridine rings is 1. The third-order valence-electron chi connectivity index (χ3n) is 4.52. The van der Waals surface area contributed by atoms with Crippen LogP contribution >= 0.6 is 0 Å². The average Bonchev–Trinajstić information content (AvgIpc) is 3.26. The van der Waals surface area contributed by atoms with Gasteiger partial charge in [-0.15, -0.1) is 0 Å². The van der Waals surface area contributed by atoms with Gasteiger partial charge in [0, 0.05) is 24.2 Å². The van der Waals surface area contributed by atoms with E-state index >= 15 is 0 Å². The number of benzene rings is 2. The number of rotatable bonds is 8. The second kappa shape index (κ2) is 9.82. The molecule has 0 radical (unpaired) electrons. The van der Waals surface area contributed by atoms with Crippen LogP contribution in [0.1, 0.15) is 17.9 Å². The predicted octanol–water partition coefficient (Wildman–Crippen LogP) is 5.48. The lowest BCUT2D eigenvalue weighted by Gasteiger charge is -2.11. The molecule has 0 fully saturated rings. The molecule has 0 saturated carbocycles. The molecule has 6 nitrogen and oxygen atoms in total. The molecule has 0 bridgehead atoms. The van der Waals surface area contributed by atoms with Gasteiger partial charge in [-0.1, -0.05) is 18.2 Å². The summed E-state index contributed by atoms with van der Waals surface area (Å²) in [5, 5.41) is 0. The van der Waals surface area contributed by atoms with Crippen molar-refractivity contribution in [2.45, 2.75) is 19.4 Å². The molecule has 2 heterocycles. The molecule has 0 aliphatic heterocycles. The summed E-state index contributed by atoms with van der Waals surface area (Å²) in [6.45, 7) is 0.0346. The Morgan fingerprint density at radius 3 is 2.72 bits per heavy atom. The number of oxazole rings is 1. The van der Waals surface area contributed by atoms with Crippen LogP contribution in [0.15, 0.2) is 77.6 Å². The molecule has 0 unspecified atom stereocenters. The van der Waals surface area contributed by atoms with Gasteiger partial charge in [0.25, 0.3) is 0 Å². The summed E-state index contributed by atoms with van der Waals surface area (Å²) >= 11 is 0. The van der Waals surface area contributed by atoms with E-state index in [2.05, 4.69) is 9.97 Å². The number of carbonyl (C=O) groups is 1. The number of aromatic nitrogens is 2. The molecule has 0 aliphatic rings. The van der Waals surface area contributed by atoms with Crippen molar-refractivity contribution >= 4 is 5.97 Å². The number of carbonyl (C=O) groups excluding carboxylic acids is 1. The lowest BCUT2D eigenvalue weighted by molar-refractivity contribution is -0.145. The van der Waals surface area contributed by atoms with E-state index < -0.39 is 17.6 Å². The summed E-state index contributed by atoms with van der Waals surface area (Å²) in [6, 6.07) is 13.9.